The number of allylic oxidation sites excluding steroid dienone is 1. The maximum absolute atomic E-state index is 5.67. The van der Waals surface area contributed by atoms with E-state index in [1.54, 1.807) is 0 Å². The summed E-state index contributed by atoms with van der Waals surface area (Å²) in [7, 11) is 0. The summed E-state index contributed by atoms with van der Waals surface area (Å²) in [6.07, 6.45) is 1.72. The molecule has 0 saturated carbocycles. The van der Waals surface area contributed by atoms with Gasteiger partial charge in [-0.15, -0.1) is 0 Å². The third kappa shape index (κ3) is 1.46. The second-order valence-corrected chi connectivity index (χ2v) is 3.08. The van der Waals surface area contributed by atoms with Crippen LogP contribution < -0.4 is 15.2 Å². The minimum atomic E-state index is -0.158. The summed E-state index contributed by atoms with van der Waals surface area (Å²) in [5.74, 6) is 2.30. The number of hydrogen-bond acceptors (Lipinski definition) is 3. The van der Waals surface area contributed by atoms with Gasteiger partial charge in [-0.1, -0.05) is 12.1 Å². The second-order valence-electron chi connectivity index (χ2n) is 3.08. The molecule has 2 N–H and O–H groups in total. The van der Waals surface area contributed by atoms with E-state index in [0.29, 0.717) is 6.54 Å². The average molecular weight is 191 g/mol. The van der Waals surface area contributed by atoms with Gasteiger partial charge in [0.15, 0.2) is 17.6 Å². The van der Waals surface area contributed by atoms with Crippen LogP contribution in [0.2, 0.25) is 0 Å². The van der Waals surface area contributed by atoms with Gasteiger partial charge >= 0.3 is 0 Å². The highest BCUT2D eigenvalue weighted by molar-refractivity contribution is 5.43. The quantitative estimate of drug-likeness (QED) is 0.734. The Kier molecular flexibility index (Phi) is 2.41. The predicted octanol–water partition coefficient (Wildman–Crippen LogP) is 1.69. The lowest BCUT2D eigenvalue weighted by molar-refractivity contribution is 0.152. The number of nitrogens with two attached hydrogens (primary N) is 1. The van der Waals surface area contributed by atoms with E-state index in [1.807, 2.05) is 37.3 Å². The summed E-state index contributed by atoms with van der Waals surface area (Å²) in [4.78, 5) is 0. The molecule has 3 heteroatoms. The third-order valence-electron chi connectivity index (χ3n) is 2.16. The van der Waals surface area contributed by atoms with E-state index in [-0.39, 0.29) is 6.10 Å². The lowest BCUT2D eigenvalue weighted by Gasteiger charge is -2.27. The van der Waals surface area contributed by atoms with Crippen molar-refractivity contribution < 1.29 is 9.47 Å². The van der Waals surface area contributed by atoms with Crippen LogP contribution in [0.3, 0.4) is 0 Å². The Morgan fingerprint density at radius 3 is 2.71 bits per heavy atom. The summed E-state index contributed by atoms with van der Waals surface area (Å²) in [5, 5.41) is 0. The van der Waals surface area contributed by atoms with Crippen molar-refractivity contribution in [1.82, 2.24) is 0 Å². The Labute approximate surface area is 83.1 Å². The Morgan fingerprint density at radius 2 is 2.07 bits per heavy atom. The number of benzene rings is 1. The summed E-state index contributed by atoms with van der Waals surface area (Å²) in [6.45, 7) is 2.34. The minimum absolute atomic E-state index is 0.158. The van der Waals surface area contributed by atoms with Crippen LogP contribution in [0.5, 0.6) is 11.5 Å². The molecule has 0 amide bonds. The average Bonchev–Trinajstić information content (AvgIpc) is 2.27. The van der Waals surface area contributed by atoms with Crippen LogP contribution in [0, 0.1) is 0 Å². The first kappa shape index (κ1) is 9.09. The topological polar surface area (TPSA) is 44.5 Å². The number of para-hydroxylation sites is 2. The fraction of sp³-hybridized carbons (Fsp3) is 0.273. The van der Waals surface area contributed by atoms with Crippen molar-refractivity contribution in [2.24, 2.45) is 5.73 Å². The van der Waals surface area contributed by atoms with Gasteiger partial charge in [0.1, 0.15) is 5.76 Å². The molecule has 14 heavy (non-hydrogen) atoms. The molecule has 1 atom stereocenters. The zero-order valence-electron chi connectivity index (χ0n) is 8.07. The molecule has 1 aromatic carbocycles. The first-order valence-corrected chi connectivity index (χ1v) is 4.65. The maximum atomic E-state index is 5.67. The van der Waals surface area contributed by atoms with Gasteiger partial charge in [-0.3, -0.25) is 0 Å². The number of ether oxygens (including phenoxy) is 2. The Bertz CT molecular complexity index is 360. The fourth-order valence-electron chi connectivity index (χ4n) is 1.44. The number of fused-ring (bicyclic) bond motifs is 1. The van der Waals surface area contributed by atoms with Gasteiger partial charge in [0.2, 0.25) is 0 Å². The standard InChI is InChI=1S/C11H13NO2/c1-2-8-11(7-12)14-10-6-4-3-5-9(10)13-8/h2-6,11H,7,12H2,1H3. The molecule has 3 nitrogen and oxygen atoms in total. The van der Waals surface area contributed by atoms with Crippen LogP contribution in [-0.2, 0) is 0 Å². The largest absolute Gasteiger partial charge is 0.477 e. The van der Waals surface area contributed by atoms with Gasteiger partial charge in [0.05, 0.1) is 0 Å². The fourth-order valence-corrected chi connectivity index (χ4v) is 1.44. The van der Waals surface area contributed by atoms with Gasteiger partial charge in [0, 0.05) is 6.54 Å². The lowest BCUT2D eigenvalue weighted by atomic mass is 10.2. The van der Waals surface area contributed by atoms with Gasteiger partial charge in [-0.25, -0.2) is 0 Å². The van der Waals surface area contributed by atoms with Gasteiger partial charge in [0.25, 0.3) is 0 Å². The second kappa shape index (κ2) is 3.72. The van der Waals surface area contributed by atoms with Crippen LogP contribution in [0.4, 0.5) is 0 Å². The summed E-state index contributed by atoms with van der Waals surface area (Å²) < 4.78 is 11.3. The highest BCUT2D eigenvalue weighted by atomic mass is 16.6. The molecule has 0 saturated heterocycles. The van der Waals surface area contributed by atoms with E-state index in [4.69, 9.17) is 15.2 Å². The van der Waals surface area contributed by atoms with Crippen molar-refractivity contribution in [2.45, 2.75) is 13.0 Å². The number of rotatable bonds is 1. The molecule has 2 rings (SSSR count). The van der Waals surface area contributed by atoms with Crippen molar-refractivity contribution in [3.05, 3.63) is 36.1 Å². The lowest BCUT2D eigenvalue weighted by Crippen LogP contribution is -2.33. The van der Waals surface area contributed by atoms with E-state index in [0.717, 1.165) is 17.3 Å². The monoisotopic (exact) mass is 191 g/mol. The van der Waals surface area contributed by atoms with Crippen molar-refractivity contribution in [1.29, 1.82) is 0 Å². The highest BCUT2D eigenvalue weighted by Crippen LogP contribution is 2.34. The third-order valence-corrected chi connectivity index (χ3v) is 2.16. The summed E-state index contributed by atoms with van der Waals surface area (Å²) >= 11 is 0. The molecule has 0 fully saturated rings. The molecular weight excluding hydrogens is 178 g/mol. The van der Waals surface area contributed by atoms with Crippen molar-refractivity contribution in [3.8, 4) is 11.5 Å². The molecule has 1 aliphatic rings. The molecule has 0 bridgehead atoms. The molecule has 1 heterocycles. The molecular formula is C11H13NO2. The molecule has 0 aromatic heterocycles. The molecule has 74 valence electrons. The van der Waals surface area contributed by atoms with Crippen molar-refractivity contribution >= 4 is 0 Å². The molecule has 1 aliphatic heterocycles. The first-order chi connectivity index (χ1) is 6.85. The van der Waals surface area contributed by atoms with Crippen LogP contribution >= 0.6 is 0 Å². The molecule has 0 radical (unpaired) electrons. The smallest absolute Gasteiger partial charge is 0.169 e. The summed E-state index contributed by atoms with van der Waals surface area (Å²) in [5.41, 5.74) is 5.58. The van der Waals surface area contributed by atoms with Gasteiger partial charge in [-0.2, -0.15) is 0 Å². The SMILES string of the molecule is CC=C1Oc2ccccc2OC1CN. The molecule has 0 aliphatic carbocycles. The first-order valence-electron chi connectivity index (χ1n) is 4.65. The van der Waals surface area contributed by atoms with Crippen molar-refractivity contribution in [3.63, 3.8) is 0 Å². The highest BCUT2D eigenvalue weighted by Gasteiger charge is 2.23. The minimum Gasteiger partial charge on any atom is -0.477 e. The Hall–Kier alpha value is -1.48. The Balaban J connectivity index is 2.34. The predicted molar refractivity (Wildman–Crippen MR) is 54.3 cm³/mol. The zero-order valence-corrected chi connectivity index (χ0v) is 8.07. The van der Waals surface area contributed by atoms with Crippen LogP contribution in [0.15, 0.2) is 36.1 Å². The maximum Gasteiger partial charge on any atom is 0.169 e. The van der Waals surface area contributed by atoms with Crippen LogP contribution in [0.1, 0.15) is 6.92 Å². The summed E-state index contributed by atoms with van der Waals surface area (Å²) in [6, 6.07) is 7.59. The van der Waals surface area contributed by atoms with E-state index in [2.05, 4.69) is 0 Å². The Morgan fingerprint density at radius 1 is 1.36 bits per heavy atom. The van der Waals surface area contributed by atoms with E-state index >= 15 is 0 Å². The van der Waals surface area contributed by atoms with Crippen LogP contribution in [0.25, 0.3) is 0 Å². The van der Waals surface area contributed by atoms with Crippen LogP contribution in [-0.4, -0.2) is 12.6 Å². The molecule has 1 aromatic rings. The van der Waals surface area contributed by atoms with Gasteiger partial charge < -0.3 is 15.2 Å². The van der Waals surface area contributed by atoms with Crippen molar-refractivity contribution in [2.75, 3.05) is 6.54 Å². The molecule has 0 spiro atoms. The van der Waals surface area contributed by atoms with Gasteiger partial charge in [-0.05, 0) is 25.1 Å². The van der Waals surface area contributed by atoms with E-state index < -0.39 is 0 Å². The number of hydrogen-bond donors (Lipinski definition) is 1. The van der Waals surface area contributed by atoms with E-state index in [9.17, 15) is 0 Å². The zero-order chi connectivity index (χ0) is 9.97. The molecule has 1 unspecified atom stereocenters. The van der Waals surface area contributed by atoms with E-state index in [1.165, 1.54) is 0 Å². The normalized spacial score (nSPS) is 22.4.